The highest BCUT2D eigenvalue weighted by molar-refractivity contribution is 8.15. The van der Waals surface area contributed by atoms with Crippen molar-refractivity contribution in [3.63, 3.8) is 0 Å². The van der Waals surface area contributed by atoms with E-state index in [2.05, 4.69) is 35.3 Å². The quantitative estimate of drug-likeness (QED) is 0.309. The number of rotatable bonds is 6. The number of nitrogens with one attached hydrogen (secondary N) is 3. The molecule has 2 aromatic carbocycles. The first kappa shape index (κ1) is 24.2. The number of carbonyl (C=O) groups excluding carboxylic acids is 2. The third-order valence-electron chi connectivity index (χ3n) is 5.63. The summed E-state index contributed by atoms with van der Waals surface area (Å²) >= 11 is 1.51. The van der Waals surface area contributed by atoms with E-state index in [4.69, 9.17) is 4.74 Å². The summed E-state index contributed by atoms with van der Waals surface area (Å²) in [7, 11) is 1.47. The van der Waals surface area contributed by atoms with Crippen LogP contribution in [-0.2, 0) is 11.2 Å². The standard InChI is InChI=1S/C26H29N3O3S2/c1-26(2)14-17-9-10-19(32-3)12-20(17)22(28-26)13-23(30)16-7-6-8-18(11-16)27-24(31)21-15-34(5)29-25(21)33-4/h6-13,15,28-29H,14H2,1-5H3,(H,27,31)/b22-13-. The van der Waals surface area contributed by atoms with Gasteiger partial charge in [-0.2, -0.15) is 0 Å². The van der Waals surface area contributed by atoms with Crippen LogP contribution in [0.15, 0.2) is 59.1 Å². The molecule has 0 aliphatic carbocycles. The van der Waals surface area contributed by atoms with E-state index in [-0.39, 0.29) is 27.9 Å². The number of hydrogen-bond acceptors (Lipinski definition) is 6. The van der Waals surface area contributed by atoms with Crippen molar-refractivity contribution in [2.24, 2.45) is 0 Å². The molecule has 0 fully saturated rings. The van der Waals surface area contributed by atoms with Crippen molar-refractivity contribution in [1.29, 1.82) is 0 Å². The summed E-state index contributed by atoms with van der Waals surface area (Å²) in [5.41, 5.74) is 4.43. The minimum absolute atomic E-state index is 0.140. The number of hydrogen-bond donors (Lipinski definition) is 3. The van der Waals surface area contributed by atoms with E-state index in [1.807, 2.05) is 30.0 Å². The summed E-state index contributed by atoms with van der Waals surface area (Å²) in [4.78, 5) is 26.1. The maximum atomic E-state index is 13.2. The Morgan fingerprint density at radius 2 is 2.00 bits per heavy atom. The topological polar surface area (TPSA) is 79.5 Å². The minimum Gasteiger partial charge on any atom is -0.497 e. The Kier molecular flexibility index (Phi) is 6.91. The summed E-state index contributed by atoms with van der Waals surface area (Å²) in [6, 6.07) is 13.0. The number of fused-ring (bicyclic) bond motifs is 1. The average molecular weight is 496 g/mol. The fraction of sp³-hybridized carbons (Fsp3) is 0.269. The zero-order valence-electron chi connectivity index (χ0n) is 19.9. The number of allylic oxidation sites excluding steroid dienone is 1. The smallest absolute Gasteiger partial charge is 0.258 e. The fourth-order valence-electron chi connectivity index (χ4n) is 4.09. The highest BCUT2D eigenvalue weighted by Crippen LogP contribution is 2.32. The average Bonchev–Trinajstić information content (AvgIpc) is 3.19. The van der Waals surface area contributed by atoms with Gasteiger partial charge in [-0.1, -0.05) is 28.9 Å². The van der Waals surface area contributed by atoms with Crippen LogP contribution in [0.2, 0.25) is 0 Å². The predicted molar refractivity (Wildman–Crippen MR) is 145 cm³/mol. The SMILES string of the molecule is COc1ccc2c(c1)/C(=C/C(=O)c1cccc(NC(=O)C3=C(SC)NS(C)=C3)c1)NC(C)(C)C2. The minimum atomic E-state index is -0.187. The van der Waals surface area contributed by atoms with Crippen molar-refractivity contribution >= 4 is 50.9 Å². The van der Waals surface area contributed by atoms with Gasteiger partial charge in [-0.05, 0) is 68.0 Å². The van der Waals surface area contributed by atoms with E-state index >= 15 is 0 Å². The number of ether oxygens (including phenoxy) is 1. The lowest BCUT2D eigenvalue weighted by Gasteiger charge is -2.35. The molecule has 1 amide bonds. The van der Waals surface area contributed by atoms with Crippen LogP contribution in [0.3, 0.4) is 0 Å². The lowest BCUT2D eigenvalue weighted by atomic mass is 9.85. The molecule has 0 spiro atoms. The van der Waals surface area contributed by atoms with Crippen LogP contribution in [0.1, 0.15) is 35.3 Å². The lowest BCUT2D eigenvalue weighted by Crippen LogP contribution is -2.43. The third-order valence-corrected chi connectivity index (χ3v) is 7.61. The number of methoxy groups -OCH3 is 1. The van der Waals surface area contributed by atoms with E-state index in [0.717, 1.165) is 28.5 Å². The molecule has 2 aliphatic heterocycles. The second kappa shape index (κ2) is 9.72. The fourth-order valence-corrected chi connectivity index (χ4v) is 6.30. The van der Waals surface area contributed by atoms with Gasteiger partial charge in [0.1, 0.15) is 5.75 Å². The third kappa shape index (κ3) is 5.23. The van der Waals surface area contributed by atoms with Crippen LogP contribution in [0, 0.1) is 0 Å². The number of ketones is 1. The van der Waals surface area contributed by atoms with Gasteiger partial charge >= 0.3 is 0 Å². The Labute approximate surface area is 207 Å². The van der Waals surface area contributed by atoms with Crippen LogP contribution in [0.4, 0.5) is 5.69 Å². The molecule has 34 heavy (non-hydrogen) atoms. The van der Waals surface area contributed by atoms with Crippen LogP contribution < -0.4 is 20.1 Å². The molecule has 1 unspecified atom stereocenters. The molecule has 0 radical (unpaired) electrons. The molecule has 2 aromatic rings. The number of thioether (sulfide) groups is 1. The Bertz CT molecular complexity index is 1260. The molecule has 6 nitrogen and oxygen atoms in total. The number of amides is 1. The summed E-state index contributed by atoms with van der Waals surface area (Å²) in [5.74, 6) is 0.419. The van der Waals surface area contributed by atoms with Crippen molar-refractivity contribution < 1.29 is 14.3 Å². The van der Waals surface area contributed by atoms with Gasteiger partial charge in [-0.25, -0.2) is 0 Å². The Hall–Kier alpha value is -2.97. The molecule has 3 N–H and O–H groups in total. The molecule has 2 heterocycles. The Morgan fingerprint density at radius 1 is 1.21 bits per heavy atom. The summed E-state index contributed by atoms with van der Waals surface area (Å²) in [6.07, 6.45) is 6.44. The normalized spacial score (nSPS) is 19.6. The second-order valence-electron chi connectivity index (χ2n) is 8.89. The van der Waals surface area contributed by atoms with Crippen LogP contribution in [-0.4, -0.2) is 42.2 Å². The maximum Gasteiger partial charge on any atom is 0.258 e. The first-order chi connectivity index (χ1) is 16.2. The van der Waals surface area contributed by atoms with Gasteiger partial charge < -0.3 is 20.1 Å². The van der Waals surface area contributed by atoms with Gasteiger partial charge in [-0.15, -0.1) is 11.8 Å². The Morgan fingerprint density at radius 3 is 2.74 bits per heavy atom. The molecular formula is C26H29N3O3S2. The summed E-state index contributed by atoms with van der Waals surface area (Å²) < 4.78 is 8.69. The van der Waals surface area contributed by atoms with Crippen molar-refractivity contribution in [3.8, 4) is 5.75 Å². The predicted octanol–water partition coefficient (Wildman–Crippen LogP) is 4.58. The van der Waals surface area contributed by atoms with E-state index < -0.39 is 0 Å². The molecular weight excluding hydrogens is 466 g/mol. The number of carbonyl (C=O) groups is 2. The van der Waals surface area contributed by atoms with E-state index in [1.165, 1.54) is 17.3 Å². The van der Waals surface area contributed by atoms with Crippen molar-refractivity contribution in [1.82, 2.24) is 10.0 Å². The largest absolute Gasteiger partial charge is 0.497 e. The molecule has 0 aromatic heterocycles. The van der Waals surface area contributed by atoms with E-state index in [9.17, 15) is 9.59 Å². The van der Waals surface area contributed by atoms with Crippen molar-refractivity contribution in [2.45, 2.75) is 25.8 Å². The van der Waals surface area contributed by atoms with Crippen LogP contribution in [0.5, 0.6) is 5.75 Å². The van der Waals surface area contributed by atoms with Gasteiger partial charge in [0.05, 0.1) is 17.7 Å². The Balaban J connectivity index is 1.60. The lowest BCUT2D eigenvalue weighted by molar-refractivity contribution is -0.112. The maximum absolute atomic E-state index is 13.2. The monoisotopic (exact) mass is 495 g/mol. The molecule has 2 aliphatic rings. The highest BCUT2D eigenvalue weighted by Gasteiger charge is 2.28. The molecule has 0 bridgehead atoms. The first-order valence-corrected chi connectivity index (χ1v) is 13.8. The van der Waals surface area contributed by atoms with Gasteiger partial charge in [0.2, 0.25) is 0 Å². The molecule has 0 saturated carbocycles. The summed E-state index contributed by atoms with van der Waals surface area (Å²) in [5, 5.41) is 9.22. The number of anilines is 1. The van der Waals surface area contributed by atoms with Crippen molar-refractivity contribution in [3.05, 3.63) is 75.8 Å². The van der Waals surface area contributed by atoms with Crippen LogP contribution >= 0.6 is 22.4 Å². The van der Waals surface area contributed by atoms with Gasteiger partial charge in [-0.3, -0.25) is 9.59 Å². The summed E-state index contributed by atoms with van der Waals surface area (Å²) in [6.45, 7) is 4.23. The first-order valence-electron chi connectivity index (χ1n) is 10.9. The molecule has 1 atom stereocenters. The zero-order chi connectivity index (χ0) is 24.5. The zero-order valence-corrected chi connectivity index (χ0v) is 21.6. The van der Waals surface area contributed by atoms with Crippen LogP contribution in [0.25, 0.3) is 5.70 Å². The molecule has 8 heteroatoms. The van der Waals surface area contributed by atoms with Gasteiger partial charge in [0.15, 0.2) is 5.78 Å². The number of benzene rings is 2. The van der Waals surface area contributed by atoms with Crippen molar-refractivity contribution in [2.75, 3.05) is 24.9 Å². The molecule has 178 valence electrons. The van der Waals surface area contributed by atoms with E-state index in [0.29, 0.717) is 16.8 Å². The molecule has 4 rings (SSSR count). The second-order valence-corrected chi connectivity index (χ2v) is 11.3. The van der Waals surface area contributed by atoms with E-state index in [1.54, 1.807) is 37.5 Å². The highest BCUT2D eigenvalue weighted by atomic mass is 32.2. The van der Waals surface area contributed by atoms with Gasteiger partial charge in [0, 0.05) is 34.1 Å². The van der Waals surface area contributed by atoms with Gasteiger partial charge in [0.25, 0.3) is 5.91 Å². The molecule has 0 saturated heterocycles.